The molecule has 0 radical (unpaired) electrons. The maximum Gasteiger partial charge on any atom is 0.127 e. The standard InChI is InChI=1S/C9H11N3O/c10-9-5-8(11-6-12-9)7-1-3-13-4-2-7/h1,5-6H,2-4H2,(H2,10,11,12). The van der Waals surface area contributed by atoms with Crippen molar-refractivity contribution in [2.24, 2.45) is 0 Å². The van der Waals surface area contributed by atoms with E-state index in [0.29, 0.717) is 12.4 Å². The zero-order chi connectivity index (χ0) is 9.10. The fourth-order valence-electron chi connectivity index (χ4n) is 1.31. The van der Waals surface area contributed by atoms with E-state index in [2.05, 4.69) is 9.97 Å². The highest BCUT2D eigenvalue weighted by atomic mass is 16.5. The van der Waals surface area contributed by atoms with E-state index in [1.54, 1.807) is 6.07 Å². The van der Waals surface area contributed by atoms with Crippen molar-refractivity contribution in [3.05, 3.63) is 24.2 Å². The first-order valence-corrected chi connectivity index (χ1v) is 4.21. The molecule has 0 atom stereocenters. The van der Waals surface area contributed by atoms with Crippen LogP contribution in [0.4, 0.5) is 5.82 Å². The zero-order valence-electron chi connectivity index (χ0n) is 7.23. The molecule has 0 unspecified atom stereocenters. The normalized spacial score (nSPS) is 16.8. The fraction of sp³-hybridized carbons (Fsp3) is 0.333. The summed E-state index contributed by atoms with van der Waals surface area (Å²) in [6, 6.07) is 1.79. The maximum absolute atomic E-state index is 5.56. The highest BCUT2D eigenvalue weighted by Crippen LogP contribution is 2.19. The summed E-state index contributed by atoms with van der Waals surface area (Å²) in [6.45, 7) is 1.43. The van der Waals surface area contributed by atoms with Gasteiger partial charge in [0.2, 0.25) is 0 Å². The minimum absolute atomic E-state index is 0.511. The number of nitrogen functional groups attached to an aromatic ring is 1. The topological polar surface area (TPSA) is 61.0 Å². The molecular weight excluding hydrogens is 166 g/mol. The molecule has 0 bridgehead atoms. The first-order chi connectivity index (χ1) is 6.36. The minimum atomic E-state index is 0.511. The number of nitrogens with two attached hydrogens (primary N) is 1. The lowest BCUT2D eigenvalue weighted by atomic mass is 10.1. The minimum Gasteiger partial charge on any atom is -0.384 e. The lowest BCUT2D eigenvalue weighted by molar-refractivity contribution is 0.161. The number of anilines is 1. The molecule has 1 aromatic heterocycles. The quantitative estimate of drug-likeness (QED) is 0.691. The molecule has 2 rings (SSSR count). The Kier molecular flexibility index (Phi) is 2.23. The largest absolute Gasteiger partial charge is 0.384 e. The Hall–Kier alpha value is -1.42. The van der Waals surface area contributed by atoms with Gasteiger partial charge in [-0.1, -0.05) is 6.08 Å². The highest BCUT2D eigenvalue weighted by molar-refractivity contribution is 5.64. The third-order valence-electron chi connectivity index (χ3n) is 1.98. The molecule has 4 nitrogen and oxygen atoms in total. The molecule has 4 heteroatoms. The van der Waals surface area contributed by atoms with E-state index >= 15 is 0 Å². The molecule has 0 aromatic carbocycles. The van der Waals surface area contributed by atoms with Crippen molar-refractivity contribution in [2.75, 3.05) is 18.9 Å². The number of aromatic nitrogens is 2. The first-order valence-electron chi connectivity index (χ1n) is 4.21. The summed E-state index contributed by atoms with van der Waals surface area (Å²) in [5.41, 5.74) is 7.66. The van der Waals surface area contributed by atoms with E-state index in [1.807, 2.05) is 6.08 Å². The van der Waals surface area contributed by atoms with Gasteiger partial charge >= 0.3 is 0 Å². The Labute approximate surface area is 76.5 Å². The van der Waals surface area contributed by atoms with Gasteiger partial charge in [-0.15, -0.1) is 0 Å². The van der Waals surface area contributed by atoms with Crippen molar-refractivity contribution < 1.29 is 4.74 Å². The van der Waals surface area contributed by atoms with Crippen LogP contribution >= 0.6 is 0 Å². The molecule has 0 spiro atoms. The average molecular weight is 177 g/mol. The molecule has 0 fully saturated rings. The summed E-state index contributed by atoms with van der Waals surface area (Å²) < 4.78 is 5.20. The van der Waals surface area contributed by atoms with Crippen molar-refractivity contribution in [3.8, 4) is 0 Å². The van der Waals surface area contributed by atoms with Crippen molar-refractivity contribution in [1.29, 1.82) is 0 Å². The monoisotopic (exact) mass is 177 g/mol. The third-order valence-corrected chi connectivity index (χ3v) is 1.98. The molecule has 1 aliphatic heterocycles. The second-order valence-electron chi connectivity index (χ2n) is 2.88. The molecule has 0 saturated heterocycles. The van der Waals surface area contributed by atoms with Crippen LogP contribution in [0, 0.1) is 0 Å². The summed E-state index contributed by atoms with van der Waals surface area (Å²) in [5.74, 6) is 0.511. The smallest absolute Gasteiger partial charge is 0.127 e. The van der Waals surface area contributed by atoms with Crippen molar-refractivity contribution in [2.45, 2.75) is 6.42 Å². The van der Waals surface area contributed by atoms with Gasteiger partial charge in [-0.05, 0) is 12.0 Å². The lowest BCUT2D eigenvalue weighted by Gasteiger charge is -2.12. The number of hydrogen-bond donors (Lipinski definition) is 1. The van der Waals surface area contributed by atoms with Crippen molar-refractivity contribution in [1.82, 2.24) is 9.97 Å². The Morgan fingerprint density at radius 3 is 3.00 bits per heavy atom. The van der Waals surface area contributed by atoms with Crippen LogP contribution in [0.5, 0.6) is 0 Å². The molecule has 1 aliphatic rings. The predicted molar refractivity (Wildman–Crippen MR) is 49.9 cm³/mol. The molecular formula is C9H11N3O. The Morgan fingerprint density at radius 2 is 2.31 bits per heavy atom. The van der Waals surface area contributed by atoms with Crippen LogP contribution in [-0.4, -0.2) is 23.2 Å². The lowest BCUT2D eigenvalue weighted by Crippen LogP contribution is -2.05. The Bertz CT molecular complexity index is 335. The summed E-state index contributed by atoms with van der Waals surface area (Å²) >= 11 is 0. The SMILES string of the molecule is Nc1cc(C2=CCOCC2)ncn1. The summed E-state index contributed by atoms with van der Waals surface area (Å²) in [7, 11) is 0. The molecule has 0 amide bonds. The molecule has 0 saturated carbocycles. The molecule has 13 heavy (non-hydrogen) atoms. The summed E-state index contributed by atoms with van der Waals surface area (Å²) in [5, 5.41) is 0. The number of ether oxygens (including phenoxy) is 1. The zero-order valence-corrected chi connectivity index (χ0v) is 7.23. The third kappa shape index (κ3) is 1.84. The summed E-state index contributed by atoms with van der Waals surface area (Å²) in [4.78, 5) is 7.99. The van der Waals surface area contributed by atoms with Crippen LogP contribution in [-0.2, 0) is 4.74 Å². The molecule has 2 heterocycles. The van der Waals surface area contributed by atoms with Crippen molar-refractivity contribution in [3.63, 3.8) is 0 Å². The van der Waals surface area contributed by atoms with Gasteiger partial charge in [0.15, 0.2) is 0 Å². The van der Waals surface area contributed by atoms with Crippen molar-refractivity contribution >= 4 is 11.4 Å². The number of nitrogens with zero attached hydrogens (tertiary/aromatic N) is 2. The van der Waals surface area contributed by atoms with Gasteiger partial charge in [-0.25, -0.2) is 9.97 Å². The Balaban J connectivity index is 2.29. The Morgan fingerprint density at radius 1 is 1.38 bits per heavy atom. The fourth-order valence-corrected chi connectivity index (χ4v) is 1.31. The van der Waals surface area contributed by atoms with Gasteiger partial charge in [-0.3, -0.25) is 0 Å². The van der Waals surface area contributed by atoms with E-state index < -0.39 is 0 Å². The van der Waals surface area contributed by atoms with E-state index in [0.717, 1.165) is 18.7 Å². The van der Waals surface area contributed by atoms with Gasteiger partial charge in [-0.2, -0.15) is 0 Å². The van der Waals surface area contributed by atoms with Crippen LogP contribution in [0.2, 0.25) is 0 Å². The molecule has 0 aliphatic carbocycles. The second kappa shape index (κ2) is 3.53. The number of rotatable bonds is 1. The predicted octanol–water partition coefficient (Wildman–Crippen LogP) is 0.863. The van der Waals surface area contributed by atoms with Gasteiger partial charge in [0.25, 0.3) is 0 Å². The number of hydrogen-bond acceptors (Lipinski definition) is 4. The second-order valence-corrected chi connectivity index (χ2v) is 2.88. The summed E-state index contributed by atoms with van der Waals surface area (Å²) in [6.07, 6.45) is 4.42. The van der Waals surface area contributed by atoms with Crippen LogP contribution in [0.3, 0.4) is 0 Å². The first kappa shape index (κ1) is 8.19. The highest BCUT2D eigenvalue weighted by Gasteiger charge is 2.07. The maximum atomic E-state index is 5.56. The van der Waals surface area contributed by atoms with Gasteiger partial charge < -0.3 is 10.5 Å². The average Bonchev–Trinajstić information content (AvgIpc) is 2.19. The van der Waals surface area contributed by atoms with Crippen LogP contribution in [0.15, 0.2) is 18.5 Å². The van der Waals surface area contributed by atoms with Crippen LogP contribution < -0.4 is 5.73 Å². The van der Waals surface area contributed by atoms with Gasteiger partial charge in [0.05, 0.1) is 18.9 Å². The van der Waals surface area contributed by atoms with E-state index in [4.69, 9.17) is 10.5 Å². The van der Waals surface area contributed by atoms with Gasteiger partial charge in [0, 0.05) is 6.07 Å². The van der Waals surface area contributed by atoms with Crippen LogP contribution in [0.25, 0.3) is 5.57 Å². The van der Waals surface area contributed by atoms with Crippen LogP contribution in [0.1, 0.15) is 12.1 Å². The molecule has 2 N–H and O–H groups in total. The molecule has 1 aromatic rings. The van der Waals surface area contributed by atoms with E-state index in [9.17, 15) is 0 Å². The van der Waals surface area contributed by atoms with Gasteiger partial charge in [0.1, 0.15) is 12.1 Å². The molecule has 68 valence electrons. The van der Waals surface area contributed by atoms with E-state index in [1.165, 1.54) is 11.9 Å². The van der Waals surface area contributed by atoms with E-state index in [-0.39, 0.29) is 0 Å².